The van der Waals surface area contributed by atoms with Crippen LogP contribution in [-0.4, -0.2) is 16.9 Å². The van der Waals surface area contributed by atoms with E-state index in [0.29, 0.717) is 0 Å². The first kappa shape index (κ1) is 14.7. The fraction of sp³-hybridized carbons (Fsp3) is 0.333. The Hall–Kier alpha value is -1.72. The third kappa shape index (κ3) is 3.43. The van der Waals surface area contributed by atoms with E-state index in [1.807, 2.05) is 50.4 Å². The second kappa shape index (κ2) is 5.73. The Kier molecular flexibility index (Phi) is 4.20. The molecule has 1 atom stereocenters. The molecule has 0 saturated carbocycles. The van der Waals surface area contributed by atoms with E-state index >= 15 is 0 Å². The van der Waals surface area contributed by atoms with Crippen LogP contribution in [0, 0.1) is 5.41 Å². The molecule has 5 heteroatoms. The van der Waals surface area contributed by atoms with Crippen molar-refractivity contribution in [1.29, 1.82) is 0 Å². The van der Waals surface area contributed by atoms with Gasteiger partial charge in [0.1, 0.15) is 5.01 Å². The molecule has 1 amide bonds. The van der Waals surface area contributed by atoms with Crippen molar-refractivity contribution >= 4 is 22.9 Å². The van der Waals surface area contributed by atoms with Crippen molar-refractivity contribution in [3.8, 4) is 10.6 Å². The fourth-order valence-electron chi connectivity index (χ4n) is 1.68. The fourth-order valence-corrected chi connectivity index (χ4v) is 2.32. The molecular weight excluding hydrogens is 270 g/mol. The molecular formula is C15H19N3OS. The lowest BCUT2D eigenvalue weighted by atomic mass is 9.87. The summed E-state index contributed by atoms with van der Waals surface area (Å²) in [7, 11) is 0. The molecule has 0 saturated heterocycles. The van der Waals surface area contributed by atoms with Gasteiger partial charge in [0.15, 0.2) is 0 Å². The summed E-state index contributed by atoms with van der Waals surface area (Å²) in [6, 6.07) is 7.07. The summed E-state index contributed by atoms with van der Waals surface area (Å²) in [6.45, 7) is 5.84. The lowest BCUT2D eigenvalue weighted by Gasteiger charge is -2.25. The maximum Gasteiger partial charge on any atom is 0.241 e. The van der Waals surface area contributed by atoms with E-state index in [2.05, 4.69) is 10.3 Å². The first-order chi connectivity index (χ1) is 9.38. The molecule has 2 rings (SSSR count). The highest BCUT2D eigenvalue weighted by molar-refractivity contribution is 7.13. The first-order valence-electron chi connectivity index (χ1n) is 6.44. The molecule has 2 aromatic rings. The smallest absolute Gasteiger partial charge is 0.241 e. The van der Waals surface area contributed by atoms with Gasteiger partial charge in [-0.3, -0.25) is 4.79 Å². The summed E-state index contributed by atoms with van der Waals surface area (Å²) in [4.78, 5) is 16.3. The molecule has 0 bridgehead atoms. The van der Waals surface area contributed by atoms with Crippen molar-refractivity contribution in [3.05, 3.63) is 35.8 Å². The standard InChI is InChI=1S/C15H19N3OS/c1-15(2,3)12(16)13(19)18-11-6-4-10(5-7-11)14-17-8-9-20-14/h4-9,12H,16H2,1-3H3,(H,18,19)/t12-/m0/s1. The molecule has 1 aromatic heterocycles. The molecule has 1 aromatic carbocycles. The zero-order chi connectivity index (χ0) is 14.8. The number of nitrogens with zero attached hydrogens (tertiary/aromatic N) is 1. The van der Waals surface area contributed by atoms with Crippen LogP contribution in [0.2, 0.25) is 0 Å². The number of anilines is 1. The molecule has 0 spiro atoms. The number of benzene rings is 1. The zero-order valence-corrected chi connectivity index (χ0v) is 12.7. The summed E-state index contributed by atoms with van der Waals surface area (Å²) in [5, 5.41) is 5.74. The molecule has 0 aliphatic carbocycles. The summed E-state index contributed by atoms with van der Waals surface area (Å²) in [5.41, 5.74) is 7.46. The van der Waals surface area contributed by atoms with E-state index < -0.39 is 6.04 Å². The van der Waals surface area contributed by atoms with Crippen molar-refractivity contribution in [2.45, 2.75) is 26.8 Å². The Bertz CT molecular complexity index is 570. The predicted molar refractivity (Wildman–Crippen MR) is 83.6 cm³/mol. The van der Waals surface area contributed by atoms with Crippen LogP contribution in [0.3, 0.4) is 0 Å². The summed E-state index contributed by atoms with van der Waals surface area (Å²) in [5.74, 6) is -0.167. The number of hydrogen-bond acceptors (Lipinski definition) is 4. The number of carbonyl (C=O) groups excluding carboxylic acids is 1. The van der Waals surface area contributed by atoms with Gasteiger partial charge in [-0.15, -0.1) is 11.3 Å². The SMILES string of the molecule is CC(C)(C)[C@@H](N)C(=O)Nc1ccc(-c2nccs2)cc1. The molecule has 106 valence electrons. The Morgan fingerprint density at radius 3 is 2.45 bits per heavy atom. The monoisotopic (exact) mass is 289 g/mol. The molecule has 0 radical (unpaired) electrons. The van der Waals surface area contributed by atoms with Crippen molar-refractivity contribution in [1.82, 2.24) is 4.98 Å². The third-order valence-electron chi connectivity index (χ3n) is 3.05. The Labute approximate surface area is 123 Å². The van der Waals surface area contributed by atoms with Gasteiger partial charge in [0.05, 0.1) is 6.04 Å². The Balaban J connectivity index is 2.06. The molecule has 0 aliphatic heterocycles. The van der Waals surface area contributed by atoms with Gasteiger partial charge >= 0.3 is 0 Å². The molecule has 20 heavy (non-hydrogen) atoms. The Morgan fingerprint density at radius 2 is 1.95 bits per heavy atom. The number of carbonyl (C=O) groups is 1. The molecule has 4 nitrogen and oxygen atoms in total. The lowest BCUT2D eigenvalue weighted by molar-refractivity contribution is -0.119. The minimum atomic E-state index is -0.541. The minimum absolute atomic E-state index is 0.167. The maximum absolute atomic E-state index is 12.0. The highest BCUT2D eigenvalue weighted by Crippen LogP contribution is 2.24. The quantitative estimate of drug-likeness (QED) is 0.912. The predicted octanol–water partition coefficient (Wildman–Crippen LogP) is 3.12. The van der Waals surface area contributed by atoms with Crippen molar-refractivity contribution in [3.63, 3.8) is 0 Å². The van der Waals surface area contributed by atoms with E-state index in [9.17, 15) is 4.79 Å². The van der Waals surface area contributed by atoms with Crippen LogP contribution >= 0.6 is 11.3 Å². The maximum atomic E-state index is 12.0. The molecule has 0 aliphatic rings. The van der Waals surface area contributed by atoms with Gasteiger partial charge in [0.2, 0.25) is 5.91 Å². The Morgan fingerprint density at radius 1 is 1.30 bits per heavy atom. The van der Waals surface area contributed by atoms with Crippen LogP contribution < -0.4 is 11.1 Å². The van der Waals surface area contributed by atoms with Crippen molar-refractivity contribution in [2.75, 3.05) is 5.32 Å². The number of hydrogen-bond donors (Lipinski definition) is 2. The number of amides is 1. The van der Waals surface area contributed by atoms with Gasteiger partial charge in [-0.1, -0.05) is 20.8 Å². The second-order valence-corrected chi connectivity index (χ2v) is 6.64. The average Bonchev–Trinajstić information content (AvgIpc) is 2.91. The van der Waals surface area contributed by atoms with Gasteiger partial charge in [0.25, 0.3) is 0 Å². The summed E-state index contributed by atoms with van der Waals surface area (Å²) < 4.78 is 0. The lowest BCUT2D eigenvalue weighted by Crippen LogP contribution is -2.45. The van der Waals surface area contributed by atoms with Gasteiger partial charge in [-0.05, 0) is 29.7 Å². The van der Waals surface area contributed by atoms with E-state index in [4.69, 9.17) is 5.73 Å². The van der Waals surface area contributed by atoms with Gasteiger partial charge < -0.3 is 11.1 Å². The van der Waals surface area contributed by atoms with Gasteiger partial charge in [-0.2, -0.15) is 0 Å². The molecule has 0 unspecified atom stereocenters. The minimum Gasteiger partial charge on any atom is -0.325 e. The molecule has 3 N–H and O–H groups in total. The van der Waals surface area contributed by atoms with Crippen LogP contribution in [0.25, 0.3) is 10.6 Å². The first-order valence-corrected chi connectivity index (χ1v) is 7.32. The number of nitrogens with one attached hydrogen (secondary N) is 1. The van der Waals surface area contributed by atoms with E-state index in [-0.39, 0.29) is 11.3 Å². The average molecular weight is 289 g/mol. The number of rotatable bonds is 3. The highest BCUT2D eigenvalue weighted by Gasteiger charge is 2.27. The molecule has 1 heterocycles. The highest BCUT2D eigenvalue weighted by atomic mass is 32.1. The van der Waals surface area contributed by atoms with Crippen molar-refractivity contribution in [2.24, 2.45) is 11.1 Å². The second-order valence-electron chi connectivity index (χ2n) is 5.75. The topological polar surface area (TPSA) is 68.0 Å². The van der Waals surface area contributed by atoms with Crippen LogP contribution in [0.15, 0.2) is 35.8 Å². The van der Waals surface area contributed by atoms with Gasteiger partial charge in [0, 0.05) is 22.8 Å². The summed E-state index contributed by atoms with van der Waals surface area (Å²) >= 11 is 1.59. The number of aromatic nitrogens is 1. The van der Waals surface area contributed by atoms with Crippen molar-refractivity contribution < 1.29 is 4.79 Å². The molecule has 0 fully saturated rings. The van der Waals surface area contributed by atoms with Crippen LogP contribution in [0.5, 0.6) is 0 Å². The normalized spacial score (nSPS) is 13.0. The van der Waals surface area contributed by atoms with E-state index in [0.717, 1.165) is 16.3 Å². The number of thiazole rings is 1. The van der Waals surface area contributed by atoms with E-state index in [1.165, 1.54) is 0 Å². The summed E-state index contributed by atoms with van der Waals surface area (Å²) in [6.07, 6.45) is 1.78. The third-order valence-corrected chi connectivity index (χ3v) is 3.87. The van der Waals surface area contributed by atoms with Crippen LogP contribution in [0.1, 0.15) is 20.8 Å². The number of nitrogens with two attached hydrogens (primary N) is 1. The van der Waals surface area contributed by atoms with Crippen LogP contribution in [0.4, 0.5) is 5.69 Å². The largest absolute Gasteiger partial charge is 0.325 e. The van der Waals surface area contributed by atoms with Gasteiger partial charge in [-0.25, -0.2) is 4.98 Å². The zero-order valence-electron chi connectivity index (χ0n) is 11.9. The van der Waals surface area contributed by atoms with Crippen LogP contribution in [-0.2, 0) is 4.79 Å². The van der Waals surface area contributed by atoms with E-state index in [1.54, 1.807) is 17.5 Å².